The molecule has 0 aliphatic carbocycles. The van der Waals surface area contributed by atoms with Gasteiger partial charge in [0.05, 0.1) is 4.88 Å². The first-order chi connectivity index (χ1) is 11.7. The molecule has 2 N–H and O–H groups in total. The lowest BCUT2D eigenvalue weighted by molar-refractivity contribution is 0.102. The summed E-state index contributed by atoms with van der Waals surface area (Å²) in [5.41, 5.74) is 1.12. The number of hydrogen-bond acceptors (Lipinski definition) is 6. The standard InChI is InChI=1S/C16H14N4O2S2/c1-2-13-19-20-16(24-13)18-14(21)10-5-7-11(8-6-10)17-15(22)12-4-3-9-23-12/h3-9H,2H2,1H3,(H,17,22)(H,18,20,21). The Morgan fingerprint density at radius 3 is 2.46 bits per heavy atom. The third-order valence-electron chi connectivity index (χ3n) is 3.14. The Hall–Kier alpha value is -2.58. The van der Waals surface area contributed by atoms with Crippen LogP contribution in [-0.4, -0.2) is 22.0 Å². The van der Waals surface area contributed by atoms with Crippen LogP contribution in [0.25, 0.3) is 0 Å². The molecule has 0 atom stereocenters. The molecular formula is C16H14N4O2S2. The number of hydrogen-bond donors (Lipinski definition) is 2. The molecule has 0 bridgehead atoms. The van der Waals surface area contributed by atoms with E-state index in [4.69, 9.17) is 0 Å². The molecule has 3 aromatic rings. The first-order valence-electron chi connectivity index (χ1n) is 7.24. The Kier molecular flexibility index (Phi) is 4.97. The van der Waals surface area contributed by atoms with Gasteiger partial charge in [-0.05, 0) is 42.1 Å². The van der Waals surface area contributed by atoms with E-state index < -0.39 is 0 Å². The lowest BCUT2D eigenvalue weighted by atomic mass is 10.2. The van der Waals surface area contributed by atoms with Crippen LogP contribution in [-0.2, 0) is 6.42 Å². The summed E-state index contributed by atoms with van der Waals surface area (Å²) in [6.07, 6.45) is 0.784. The summed E-state index contributed by atoms with van der Waals surface area (Å²) in [5.74, 6) is -0.423. The summed E-state index contributed by atoms with van der Waals surface area (Å²) in [6, 6.07) is 10.3. The van der Waals surface area contributed by atoms with E-state index in [1.165, 1.54) is 22.7 Å². The van der Waals surface area contributed by atoms with E-state index in [-0.39, 0.29) is 11.8 Å². The van der Waals surface area contributed by atoms with Crippen LogP contribution in [0.5, 0.6) is 0 Å². The number of anilines is 2. The average molecular weight is 358 g/mol. The van der Waals surface area contributed by atoms with Gasteiger partial charge >= 0.3 is 0 Å². The fourth-order valence-corrected chi connectivity index (χ4v) is 3.22. The van der Waals surface area contributed by atoms with Crippen molar-refractivity contribution < 1.29 is 9.59 Å². The summed E-state index contributed by atoms with van der Waals surface area (Å²) in [5, 5.41) is 16.6. The predicted octanol–water partition coefficient (Wildman–Crippen LogP) is 3.67. The molecule has 0 unspecified atom stereocenters. The van der Waals surface area contributed by atoms with E-state index in [1.54, 1.807) is 30.3 Å². The van der Waals surface area contributed by atoms with E-state index in [9.17, 15) is 9.59 Å². The van der Waals surface area contributed by atoms with Crippen molar-refractivity contribution in [1.82, 2.24) is 10.2 Å². The number of carbonyl (C=O) groups excluding carboxylic acids is 2. The zero-order chi connectivity index (χ0) is 16.9. The van der Waals surface area contributed by atoms with E-state index >= 15 is 0 Å². The highest BCUT2D eigenvalue weighted by atomic mass is 32.1. The average Bonchev–Trinajstić information content (AvgIpc) is 3.27. The van der Waals surface area contributed by atoms with Crippen molar-refractivity contribution in [2.75, 3.05) is 10.6 Å². The molecule has 2 amide bonds. The summed E-state index contributed by atoms with van der Waals surface area (Å²) in [6.45, 7) is 1.98. The number of rotatable bonds is 5. The topological polar surface area (TPSA) is 84.0 Å². The molecule has 2 aromatic heterocycles. The minimum absolute atomic E-state index is 0.164. The van der Waals surface area contributed by atoms with Crippen molar-refractivity contribution in [3.05, 3.63) is 57.2 Å². The fourth-order valence-electron chi connectivity index (χ4n) is 1.92. The highest BCUT2D eigenvalue weighted by Gasteiger charge is 2.11. The highest BCUT2D eigenvalue weighted by Crippen LogP contribution is 2.18. The van der Waals surface area contributed by atoms with Crippen molar-refractivity contribution in [3.63, 3.8) is 0 Å². The maximum absolute atomic E-state index is 12.2. The molecule has 2 heterocycles. The molecule has 0 spiro atoms. The highest BCUT2D eigenvalue weighted by molar-refractivity contribution is 7.15. The van der Waals surface area contributed by atoms with Crippen molar-refractivity contribution in [2.24, 2.45) is 0 Å². The second kappa shape index (κ2) is 7.33. The van der Waals surface area contributed by atoms with Gasteiger partial charge in [0.2, 0.25) is 5.13 Å². The van der Waals surface area contributed by atoms with Crippen LogP contribution in [0.15, 0.2) is 41.8 Å². The van der Waals surface area contributed by atoms with Gasteiger partial charge in [0.15, 0.2) is 0 Å². The number of aromatic nitrogens is 2. The van der Waals surface area contributed by atoms with Crippen LogP contribution in [0, 0.1) is 0 Å². The van der Waals surface area contributed by atoms with Gasteiger partial charge in [0.1, 0.15) is 5.01 Å². The van der Waals surface area contributed by atoms with Gasteiger partial charge in [-0.3, -0.25) is 14.9 Å². The van der Waals surface area contributed by atoms with Crippen LogP contribution in [0.4, 0.5) is 10.8 Å². The van der Waals surface area contributed by atoms with E-state index in [0.717, 1.165) is 11.4 Å². The first kappa shape index (κ1) is 16.3. The Balaban J connectivity index is 1.63. The molecule has 0 fully saturated rings. The molecule has 8 heteroatoms. The van der Waals surface area contributed by atoms with Crippen LogP contribution in [0.3, 0.4) is 0 Å². The van der Waals surface area contributed by atoms with Gasteiger partial charge in [0.25, 0.3) is 11.8 Å². The number of aryl methyl sites for hydroxylation is 1. The maximum atomic E-state index is 12.2. The number of thiophene rings is 1. The van der Waals surface area contributed by atoms with Crippen molar-refractivity contribution in [1.29, 1.82) is 0 Å². The minimum Gasteiger partial charge on any atom is -0.321 e. The quantitative estimate of drug-likeness (QED) is 0.729. The number of benzene rings is 1. The number of nitrogens with zero attached hydrogens (tertiary/aromatic N) is 2. The van der Waals surface area contributed by atoms with Gasteiger partial charge in [-0.25, -0.2) is 0 Å². The zero-order valence-electron chi connectivity index (χ0n) is 12.8. The van der Waals surface area contributed by atoms with Crippen LogP contribution < -0.4 is 10.6 Å². The van der Waals surface area contributed by atoms with Crippen LogP contribution in [0.1, 0.15) is 32.0 Å². The lowest BCUT2D eigenvalue weighted by Crippen LogP contribution is -2.13. The normalized spacial score (nSPS) is 10.4. The fraction of sp³-hybridized carbons (Fsp3) is 0.125. The third kappa shape index (κ3) is 3.84. The Morgan fingerprint density at radius 1 is 1.04 bits per heavy atom. The molecule has 122 valence electrons. The number of amides is 2. The number of nitrogens with one attached hydrogen (secondary N) is 2. The molecule has 3 rings (SSSR count). The van der Waals surface area contributed by atoms with Gasteiger partial charge < -0.3 is 5.32 Å². The monoisotopic (exact) mass is 358 g/mol. The molecule has 0 saturated heterocycles. The summed E-state index contributed by atoms with van der Waals surface area (Å²) in [7, 11) is 0. The smallest absolute Gasteiger partial charge is 0.265 e. The Bertz CT molecular complexity index is 841. The minimum atomic E-state index is -0.259. The zero-order valence-corrected chi connectivity index (χ0v) is 14.4. The molecule has 0 aliphatic heterocycles. The number of carbonyl (C=O) groups is 2. The Morgan fingerprint density at radius 2 is 1.83 bits per heavy atom. The first-order valence-corrected chi connectivity index (χ1v) is 8.94. The van der Waals surface area contributed by atoms with Crippen LogP contribution in [0.2, 0.25) is 0 Å². The molecule has 24 heavy (non-hydrogen) atoms. The largest absolute Gasteiger partial charge is 0.321 e. The summed E-state index contributed by atoms with van der Waals surface area (Å²) < 4.78 is 0. The summed E-state index contributed by atoms with van der Waals surface area (Å²) >= 11 is 2.73. The maximum Gasteiger partial charge on any atom is 0.265 e. The van der Waals surface area contributed by atoms with E-state index in [0.29, 0.717) is 21.3 Å². The lowest BCUT2D eigenvalue weighted by Gasteiger charge is -2.05. The molecule has 0 aliphatic rings. The van der Waals surface area contributed by atoms with Crippen molar-refractivity contribution in [3.8, 4) is 0 Å². The van der Waals surface area contributed by atoms with E-state index in [1.807, 2.05) is 18.4 Å². The molecule has 1 aromatic carbocycles. The molecule has 6 nitrogen and oxygen atoms in total. The third-order valence-corrected chi connectivity index (χ3v) is 4.99. The van der Waals surface area contributed by atoms with E-state index in [2.05, 4.69) is 20.8 Å². The Labute approximate surface area is 146 Å². The SMILES string of the molecule is CCc1nnc(NC(=O)c2ccc(NC(=O)c3cccs3)cc2)s1. The van der Waals surface area contributed by atoms with Gasteiger partial charge in [0, 0.05) is 11.3 Å². The predicted molar refractivity (Wildman–Crippen MR) is 96.0 cm³/mol. The summed E-state index contributed by atoms with van der Waals surface area (Å²) in [4.78, 5) is 24.8. The second-order valence-corrected chi connectivity index (χ2v) is 6.83. The second-order valence-electron chi connectivity index (χ2n) is 4.82. The van der Waals surface area contributed by atoms with Crippen LogP contribution >= 0.6 is 22.7 Å². The van der Waals surface area contributed by atoms with Gasteiger partial charge in [-0.15, -0.1) is 21.5 Å². The van der Waals surface area contributed by atoms with Crippen molar-refractivity contribution >= 4 is 45.3 Å². The van der Waals surface area contributed by atoms with Crippen molar-refractivity contribution in [2.45, 2.75) is 13.3 Å². The van der Waals surface area contributed by atoms with Gasteiger partial charge in [-0.1, -0.05) is 24.3 Å². The molecular weight excluding hydrogens is 344 g/mol. The van der Waals surface area contributed by atoms with Gasteiger partial charge in [-0.2, -0.15) is 0 Å². The molecule has 0 radical (unpaired) electrons. The molecule has 0 saturated carbocycles.